The molecule has 2 atom stereocenters. The second-order valence-electron chi connectivity index (χ2n) is 10.6. The largest absolute Gasteiger partial charge is 0.380 e. The van der Waals surface area contributed by atoms with E-state index >= 15 is 0 Å². The third kappa shape index (κ3) is 8.79. The van der Waals surface area contributed by atoms with Gasteiger partial charge in [0.05, 0.1) is 18.8 Å². The lowest BCUT2D eigenvalue weighted by atomic mass is 9.68. The van der Waals surface area contributed by atoms with Crippen molar-refractivity contribution in [3.63, 3.8) is 0 Å². The van der Waals surface area contributed by atoms with Gasteiger partial charge in [0.2, 0.25) is 0 Å². The summed E-state index contributed by atoms with van der Waals surface area (Å²) in [7, 11) is 1.83. The Balaban J connectivity index is 0.00000480. The van der Waals surface area contributed by atoms with Crippen molar-refractivity contribution < 1.29 is 14.2 Å². The van der Waals surface area contributed by atoms with Crippen LogP contribution in [0.1, 0.15) is 99.8 Å². The van der Waals surface area contributed by atoms with Crippen molar-refractivity contribution in [1.29, 1.82) is 0 Å². The van der Waals surface area contributed by atoms with Gasteiger partial charge in [0, 0.05) is 39.6 Å². The Hall–Kier alpha value is -0.420. The smallest absolute Gasteiger partial charge is 0.168 e. The highest BCUT2D eigenvalue weighted by Crippen LogP contribution is 2.47. The quantitative estimate of drug-likeness (QED) is 0.294. The lowest BCUT2D eigenvalue weighted by Gasteiger charge is -2.42. The monoisotopic (exact) mass is 439 g/mol. The summed E-state index contributed by atoms with van der Waals surface area (Å²) in [6.45, 7) is 19.3. The molecule has 0 aromatic carbocycles. The first-order valence-corrected chi connectivity index (χ1v) is 12.4. The fourth-order valence-corrected chi connectivity index (χ4v) is 5.55. The third-order valence-corrected chi connectivity index (χ3v) is 7.33. The van der Waals surface area contributed by atoms with Crippen LogP contribution < -0.4 is 0 Å². The maximum Gasteiger partial charge on any atom is 0.168 e. The number of nitrogens with zero attached hydrogens (tertiary/aromatic N) is 1. The average molecular weight is 440 g/mol. The van der Waals surface area contributed by atoms with Crippen LogP contribution in [-0.2, 0) is 14.2 Å². The fraction of sp³-hybridized carbons (Fsp3) is 0.926. The second-order valence-corrected chi connectivity index (χ2v) is 10.6. The van der Waals surface area contributed by atoms with E-state index in [4.69, 9.17) is 14.2 Å². The molecular weight excluding hydrogens is 386 g/mol. The molecule has 184 valence electrons. The Labute approximate surface area is 194 Å². The van der Waals surface area contributed by atoms with Gasteiger partial charge >= 0.3 is 0 Å². The zero-order valence-electron chi connectivity index (χ0n) is 20.8. The highest BCUT2D eigenvalue weighted by molar-refractivity contribution is 4.93. The number of ether oxygens (including phenoxy) is 3. The van der Waals surface area contributed by atoms with E-state index in [2.05, 4.69) is 46.1 Å². The number of hydrogen-bond acceptors (Lipinski definition) is 4. The summed E-state index contributed by atoms with van der Waals surface area (Å²) in [6.07, 6.45) is 10.9. The zero-order valence-corrected chi connectivity index (χ0v) is 20.8. The molecule has 0 aromatic rings. The van der Waals surface area contributed by atoms with Crippen LogP contribution >= 0.6 is 0 Å². The van der Waals surface area contributed by atoms with Gasteiger partial charge in [-0.2, -0.15) is 0 Å². The SMILES string of the molecule is C.C=C(C)CN(CCC1COC2(CCC(C(C)(C)CCC)CC2)O1)CC(CCC)OC. The van der Waals surface area contributed by atoms with Gasteiger partial charge in [0.25, 0.3) is 0 Å². The van der Waals surface area contributed by atoms with Crippen molar-refractivity contribution in [1.82, 2.24) is 4.90 Å². The number of methoxy groups -OCH3 is 1. The number of rotatable bonds is 13. The minimum Gasteiger partial charge on any atom is -0.380 e. The van der Waals surface area contributed by atoms with E-state index in [0.29, 0.717) is 11.5 Å². The van der Waals surface area contributed by atoms with Crippen molar-refractivity contribution in [2.45, 2.75) is 118 Å². The molecule has 4 heteroatoms. The van der Waals surface area contributed by atoms with Crippen LogP contribution in [0.25, 0.3) is 0 Å². The molecule has 2 fully saturated rings. The normalized spacial score (nSPS) is 27.5. The van der Waals surface area contributed by atoms with E-state index in [-0.39, 0.29) is 19.3 Å². The Morgan fingerprint density at radius 1 is 1.23 bits per heavy atom. The molecule has 1 saturated carbocycles. The molecule has 0 aromatic heterocycles. The van der Waals surface area contributed by atoms with Crippen LogP contribution in [0.3, 0.4) is 0 Å². The van der Waals surface area contributed by atoms with Gasteiger partial charge < -0.3 is 14.2 Å². The molecule has 1 aliphatic heterocycles. The third-order valence-electron chi connectivity index (χ3n) is 7.33. The van der Waals surface area contributed by atoms with E-state index in [1.807, 2.05) is 7.11 Å². The van der Waals surface area contributed by atoms with Crippen LogP contribution in [-0.4, -0.2) is 56.2 Å². The second kappa shape index (κ2) is 13.3. The predicted molar refractivity (Wildman–Crippen MR) is 133 cm³/mol. The predicted octanol–water partition coefficient (Wildman–Crippen LogP) is 6.83. The number of hydrogen-bond donors (Lipinski definition) is 0. The Morgan fingerprint density at radius 2 is 1.90 bits per heavy atom. The molecule has 1 heterocycles. The first-order chi connectivity index (χ1) is 14.2. The highest BCUT2D eigenvalue weighted by Gasteiger charge is 2.46. The van der Waals surface area contributed by atoms with Crippen molar-refractivity contribution in [3.05, 3.63) is 12.2 Å². The summed E-state index contributed by atoms with van der Waals surface area (Å²) in [5.41, 5.74) is 1.64. The van der Waals surface area contributed by atoms with Crippen molar-refractivity contribution in [3.8, 4) is 0 Å². The highest BCUT2D eigenvalue weighted by atomic mass is 16.7. The topological polar surface area (TPSA) is 30.9 Å². The minimum atomic E-state index is -0.306. The van der Waals surface area contributed by atoms with E-state index in [0.717, 1.165) is 64.3 Å². The first-order valence-electron chi connectivity index (χ1n) is 12.4. The zero-order chi connectivity index (χ0) is 22.2. The van der Waals surface area contributed by atoms with Gasteiger partial charge in [-0.25, -0.2) is 0 Å². The Kier molecular flexibility index (Phi) is 12.3. The molecule has 4 nitrogen and oxygen atoms in total. The lowest BCUT2D eigenvalue weighted by Crippen LogP contribution is -2.40. The molecular formula is C27H53NO3. The molecule has 0 bridgehead atoms. The van der Waals surface area contributed by atoms with Gasteiger partial charge in [-0.1, -0.05) is 60.1 Å². The molecule has 1 saturated heterocycles. The van der Waals surface area contributed by atoms with Gasteiger partial charge in [-0.05, 0) is 50.4 Å². The van der Waals surface area contributed by atoms with E-state index in [1.54, 1.807) is 0 Å². The van der Waals surface area contributed by atoms with Gasteiger partial charge in [0.15, 0.2) is 5.79 Å². The van der Waals surface area contributed by atoms with E-state index in [9.17, 15) is 0 Å². The van der Waals surface area contributed by atoms with Crippen molar-refractivity contribution >= 4 is 0 Å². The minimum absolute atomic E-state index is 0. The van der Waals surface area contributed by atoms with Crippen LogP contribution in [0, 0.1) is 11.3 Å². The molecule has 2 aliphatic rings. The molecule has 0 N–H and O–H groups in total. The lowest BCUT2D eigenvalue weighted by molar-refractivity contribution is -0.197. The van der Waals surface area contributed by atoms with Crippen LogP contribution in [0.2, 0.25) is 0 Å². The average Bonchev–Trinajstić information content (AvgIpc) is 3.08. The maximum atomic E-state index is 6.54. The van der Waals surface area contributed by atoms with E-state index in [1.165, 1.54) is 31.3 Å². The molecule has 31 heavy (non-hydrogen) atoms. The molecule has 2 rings (SSSR count). The van der Waals surface area contributed by atoms with Gasteiger partial charge in [0.1, 0.15) is 0 Å². The summed E-state index contributed by atoms with van der Waals surface area (Å²) >= 11 is 0. The van der Waals surface area contributed by atoms with Crippen molar-refractivity contribution in [2.24, 2.45) is 11.3 Å². The standard InChI is InChI=1S/C26H49NO3.CH4/c1-8-10-23(28-7)19-27(18-21(3)4)17-13-24-20-29-26(30-24)15-11-22(12-16-26)25(5,6)14-9-2;/h22-24H,3,8-20H2,1-2,4-7H3;1H4. The summed E-state index contributed by atoms with van der Waals surface area (Å²) < 4.78 is 18.5. The molecule has 1 spiro atoms. The first kappa shape index (κ1) is 28.6. The van der Waals surface area contributed by atoms with E-state index < -0.39 is 0 Å². The molecule has 2 unspecified atom stereocenters. The summed E-state index contributed by atoms with van der Waals surface area (Å²) in [5.74, 6) is 0.491. The maximum absolute atomic E-state index is 6.54. The van der Waals surface area contributed by atoms with Crippen molar-refractivity contribution in [2.75, 3.05) is 33.4 Å². The summed E-state index contributed by atoms with van der Waals surface area (Å²) in [5, 5.41) is 0. The van der Waals surface area contributed by atoms with Gasteiger partial charge in [-0.15, -0.1) is 0 Å². The van der Waals surface area contributed by atoms with Crippen LogP contribution in [0.5, 0.6) is 0 Å². The fourth-order valence-electron chi connectivity index (χ4n) is 5.55. The Bertz CT molecular complexity index is 511. The van der Waals surface area contributed by atoms with Gasteiger partial charge in [-0.3, -0.25) is 4.90 Å². The van der Waals surface area contributed by atoms with Crippen LogP contribution in [0.15, 0.2) is 12.2 Å². The summed E-state index contributed by atoms with van der Waals surface area (Å²) in [6, 6.07) is 0. The van der Waals surface area contributed by atoms with Crippen LogP contribution in [0.4, 0.5) is 0 Å². The molecule has 1 aliphatic carbocycles. The summed E-state index contributed by atoms with van der Waals surface area (Å²) in [4.78, 5) is 2.48. The molecule has 0 amide bonds. The molecule has 0 radical (unpaired) electrons. The Morgan fingerprint density at radius 3 is 2.45 bits per heavy atom.